The Morgan fingerprint density at radius 2 is 2.15 bits per heavy atom. The van der Waals surface area contributed by atoms with Crippen LogP contribution in [0.15, 0.2) is 48.8 Å². The predicted molar refractivity (Wildman–Crippen MR) is 73.8 cm³/mol. The fourth-order valence-electron chi connectivity index (χ4n) is 2.04. The predicted octanol–water partition coefficient (Wildman–Crippen LogP) is 2.51. The Kier molecular flexibility index (Phi) is 3.35. The fraction of sp³-hybridized carbons (Fsp3) is 0.133. The van der Waals surface area contributed by atoms with Gasteiger partial charge in [-0.3, -0.25) is 0 Å². The second-order valence-electron chi connectivity index (χ2n) is 4.49. The van der Waals surface area contributed by atoms with Gasteiger partial charge in [-0.2, -0.15) is 0 Å². The molecule has 0 saturated carbocycles. The van der Waals surface area contributed by atoms with Crippen LogP contribution >= 0.6 is 0 Å². The Balaban J connectivity index is 1.77. The monoisotopic (exact) mass is 271 g/mol. The van der Waals surface area contributed by atoms with Crippen molar-refractivity contribution in [3.63, 3.8) is 0 Å². The molecule has 102 valence electrons. The first-order valence-electron chi connectivity index (χ1n) is 6.29. The molecule has 0 amide bonds. The molecule has 0 aliphatic rings. The van der Waals surface area contributed by atoms with E-state index >= 15 is 0 Å². The van der Waals surface area contributed by atoms with Gasteiger partial charge < -0.3 is 14.9 Å². The molecule has 5 heteroatoms. The number of hydrogen-bond donors (Lipinski definition) is 1. The highest BCUT2D eigenvalue weighted by atomic mass is 19.1. The third-order valence-electron chi connectivity index (χ3n) is 2.97. The Morgan fingerprint density at radius 1 is 1.25 bits per heavy atom. The lowest BCUT2D eigenvalue weighted by atomic mass is 10.2. The van der Waals surface area contributed by atoms with Crippen molar-refractivity contribution in [1.82, 2.24) is 9.38 Å². The number of pyridine rings is 1. The largest absolute Gasteiger partial charge is 0.487 e. The van der Waals surface area contributed by atoms with Crippen LogP contribution in [0.1, 0.15) is 11.3 Å². The Morgan fingerprint density at radius 3 is 2.95 bits per heavy atom. The molecule has 0 aliphatic carbocycles. The van der Waals surface area contributed by atoms with E-state index in [1.165, 1.54) is 12.1 Å². The van der Waals surface area contributed by atoms with Crippen LogP contribution in [0.3, 0.4) is 0 Å². The molecule has 20 heavy (non-hydrogen) atoms. The van der Waals surface area contributed by atoms with Crippen molar-refractivity contribution in [2.45, 2.75) is 13.2 Å². The Hall–Kier alpha value is -2.40. The summed E-state index contributed by atoms with van der Waals surface area (Å²) in [5, 5.41) is 0. The molecule has 3 rings (SSSR count). The minimum Gasteiger partial charge on any atom is -0.487 e. The summed E-state index contributed by atoms with van der Waals surface area (Å²) in [5.74, 6) is 0.112. The zero-order chi connectivity index (χ0) is 13.9. The number of aromatic nitrogens is 2. The molecule has 0 bridgehead atoms. The van der Waals surface area contributed by atoms with Crippen molar-refractivity contribution in [2.75, 3.05) is 0 Å². The molecule has 0 aliphatic heterocycles. The lowest BCUT2D eigenvalue weighted by molar-refractivity contribution is 0.300. The average molecular weight is 271 g/mol. The van der Waals surface area contributed by atoms with Crippen LogP contribution in [0, 0.1) is 5.82 Å². The van der Waals surface area contributed by atoms with Gasteiger partial charge in [-0.25, -0.2) is 9.37 Å². The molecule has 3 aromatic rings. The van der Waals surface area contributed by atoms with Gasteiger partial charge in [0.15, 0.2) is 0 Å². The second kappa shape index (κ2) is 5.30. The summed E-state index contributed by atoms with van der Waals surface area (Å²) in [4.78, 5) is 4.41. The molecule has 2 N–H and O–H groups in total. The van der Waals surface area contributed by atoms with Crippen LogP contribution in [0.2, 0.25) is 0 Å². The van der Waals surface area contributed by atoms with E-state index in [2.05, 4.69) is 4.98 Å². The minimum absolute atomic E-state index is 0.280. The van der Waals surface area contributed by atoms with E-state index in [4.69, 9.17) is 10.5 Å². The Bertz CT molecular complexity index is 706. The summed E-state index contributed by atoms with van der Waals surface area (Å²) in [6.07, 6.45) is 3.80. The quantitative estimate of drug-likeness (QED) is 0.793. The van der Waals surface area contributed by atoms with E-state index < -0.39 is 0 Å². The van der Waals surface area contributed by atoms with Crippen LogP contribution in [0.5, 0.6) is 5.75 Å². The van der Waals surface area contributed by atoms with Crippen LogP contribution in [0.4, 0.5) is 4.39 Å². The van der Waals surface area contributed by atoms with E-state index in [-0.39, 0.29) is 19.0 Å². The van der Waals surface area contributed by atoms with Gasteiger partial charge in [0.05, 0.1) is 5.69 Å². The maximum absolute atomic E-state index is 13.4. The zero-order valence-electron chi connectivity index (χ0n) is 10.8. The number of halogens is 1. The topological polar surface area (TPSA) is 52.5 Å². The van der Waals surface area contributed by atoms with E-state index in [1.54, 1.807) is 6.07 Å². The van der Waals surface area contributed by atoms with Crippen molar-refractivity contribution in [3.05, 3.63) is 65.9 Å². The summed E-state index contributed by atoms with van der Waals surface area (Å²) in [6.45, 7) is 0.567. The van der Waals surface area contributed by atoms with Crippen LogP contribution < -0.4 is 10.5 Å². The first-order chi connectivity index (χ1) is 9.74. The van der Waals surface area contributed by atoms with Gasteiger partial charge in [-0.1, -0.05) is 6.07 Å². The minimum atomic E-state index is -0.349. The highest BCUT2D eigenvalue weighted by molar-refractivity contribution is 5.39. The highest BCUT2D eigenvalue weighted by Crippen LogP contribution is 2.17. The van der Waals surface area contributed by atoms with Gasteiger partial charge in [0.25, 0.3) is 0 Å². The van der Waals surface area contributed by atoms with Gasteiger partial charge in [0.2, 0.25) is 0 Å². The number of ether oxygens (including phenoxy) is 1. The lowest BCUT2D eigenvalue weighted by Crippen LogP contribution is -2.00. The van der Waals surface area contributed by atoms with E-state index in [9.17, 15) is 4.39 Å². The first-order valence-corrected chi connectivity index (χ1v) is 6.29. The summed E-state index contributed by atoms with van der Waals surface area (Å²) < 4.78 is 20.8. The summed E-state index contributed by atoms with van der Waals surface area (Å²) >= 11 is 0. The average Bonchev–Trinajstić information content (AvgIpc) is 2.87. The number of benzene rings is 1. The molecular weight excluding hydrogens is 257 g/mol. The van der Waals surface area contributed by atoms with Crippen molar-refractivity contribution < 1.29 is 9.13 Å². The van der Waals surface area contributed by atoms with Crippen molar-refractivity contribution in [3.8, 4) is 5.75 Å². The second-order valence-corrected chi connectivity index (χ2v) is 4.49. The molecule has 0 spiro atoms. The molecule has 2 heterocycles. The number of nitrogens with zero attached hydrogens (tertiary/aromatic N) is 2. The van der Waals surface area contributed by atoms with Crippen LogP contribution in [0.25, 0.3) is 5.65 Å². The molecule has 0 radical (unpaired) electrons. The number of nitrogens with two attached hydrogens (primary N) is 1. The number of rotatable bonds is 4. The standard InChI is InChI=1S/C15H14FN3O/c16-12-5-11(8-17)6-14(7-12)20-10-13-9-19-4-2-1-3-15(19)18-13/h1-7,9H,8,10,17H2. The summed E-state index contributed by atoms with van der Waals surface area (Å²) in [7, 11) is 0. The van der Waals surface area contributed by atoms with Crippen molar-refractivity contribution in [1.29, 1.82) is 0 Å². The normalized spacial score (nSPS) is 10.9. The van der Waals surface area contributed by atoms with Gasteiger partial charge in [0.1, 0.15) is 23.8 Å². The smallest absolute Gasteiger partial charge is 0.137 e. The van der Waals surface area contributed by atoms with Crippen LogP contribution in [-0.2, 0) is 13.2 Å². The molecular formula is C15H14FN3O. The van der Waals surface area contributed by atoms with Crippen molar-refractivity contribution >= 4 is 5.65 Å². The summed E-state index contributed by atoms with van der Waals surface area (Å²) in [6, 6.07) is 10.2. The zero-order valence-corrected chi connectivity index (χ0v) is 10.8. The number of fused-ring (bicyclic) bond motifs is 1. The molecule has 2 aromatic heterocycles. The SMILES string of the molecule is NCc1cc(F)cc(OCc2cn3ccccc3n2)c1. The van der Waals surface area contributed by atoms with Gasteiger partial charge in [0, 0.05) is 25.0 Å². The molecule has 0 atom stereocenters. The van der Waals surface area contributed by atoms with Gasteiger partial charge >= 0.3 is 0 Å². The van der Waals surface area contributed by atoms with Gasteiger partial charge in [-0.05, 0) is 29.8 Å². The number of imidazole rings is 1. The van der Waals surface area contributed by atoms with E-state index in [0.29, 0.717) is 11.3 Å². The fourth-order valence-corrected chi connectivity index (χ4v) is 2.04. The molecule has 4 nitrogen and oxygen atoms in total. The van der Waals surface area contributed by atoms with Gasteiger partial charge in [-0.15, -0.1) is 0 Å². The van der Waals surface area contributed by atoms with Crippen LogP contribution in [-0.4, -0.2) is 9.38 Å². The third kappa shape index (κ3) is 2.62. The Labute approximate surface area is 115 Å². The molecule has 0 unspecified atom stereocenters. The maximum atomic E-state index is 13.4. The first kappa shape index (κ1) is 12.6. The third-order valence-corrected chi connectivity index (χ3v) is 2.97. The summed E-state index contributed by atoms with van der Waals surface area (Å²) in [5.41, 5.74) is 7.85. The van der Waals surface area contributed by atoms with E-state index in [0.717, 1.165) is 11.3 Å². The number of hydrogen-bond acceptors (Lipinski definition) is 3. The molecule has 1 aromatic carbocycles. The van der Waals surface area contributed by atoms with Crippen molar-refractivity contribution in [2.24, 2.45) is 5.73 Å². The highest BCUT2D eigenvalue weighted by Gasteiger charge is 2.04. The lowest BCUT2D eigenvalue weighted by Gasteiger charge is -2.06. The molecule has 0 fully saturated rings. The maximum Gasteiger partial charge on any atom is 0.137 e. The van der Waals surface area contributed by atoms with E-state index in [1.807, 2.05) is 35.0 Å². The molecule has 0 saturated heterocycles.